The van der Waals surface area contributed by atoms with E-state index in [1.54, 1.807) is 24.6 Å². The topological polar surface area (TPSA) is 58.2 Å². The van der Waals surface area contributed by atoms with Gasteiger partial charge in [-0.25, -0.2) is 8.42 Å². The molecule has 1 aromatic carbocycles. The van der Waals surface area contributed by atoms with Crippen molar-refractivity contribution >= 4 is 43.0 Å². The molecule has 0 saturated heterocycles. The number of halogens is 1. The maximum absolute atomic E-state index is 12.6. The highest BCUT2D eigenvalue weighted by Gasteiger charge is 2.20. The van der Waals surface area contributed by atoms with E-state index in [4.69, 9.17) is 0 Å². The van der Waals surface area contributed by atoms with Gasteiger partial charge in [0.2, 0.25) is 0 Å². The van der Waals surface area contributed by atoms with Crippen LogP contribution < -0.4 is 10.0 Å². The van der Waals surface area contributed by atoms with Crippen LogP contribution in [0.15, 0.2) is 39.0 Å². The monoisotopic (exact) mass is 388 g/mol. The zero-order chi connectivity index (χ0) is 15.5. The number of anilines is 1. The molecule has 0 radical (unpaired) electrons. The summed E-state index contributed by atoms with van der Waals surface area (Å²) in [5.41, 5.74) is 1.58. The fourth-order valence-electron chi connectivity index (χ4n) is 2.01. The van der Waals surface area contributed by atoms with Crippen LogP contribution in [0.5, 0.6) is 0 Å². The Morgan fingerprint density at radius 3 is 2.71 bits per heavy atom. The molecular formula is C14H17BrN2O2S2. The normalized spacial score (nSPS) is 11.6. The van der Waals surface area contributed by atoms with Gasteiger partial charge in [0.25, 0.3) is 10.0 Å². The van der Waals surface area contributed by atoms with E-state index >= 15 is 0 Å². The first-order valence-corrected chi connectivity index (χ1v) is 9.65. The fourth-order valence-corrected chi connectivity index (χ4v) is 4.98. The number of hydrogen-bond donors (Lipinski definition) is 2. The summed E-state index contributed by atoms with van der Waals surface area (Å²) in [5.74, 6) is 0. The highest BCUT2D eigenvalue weighted by molar-refractivity contribution is 9.10. The van der Waals surface area contributed by atoms with E-state index in [1.165, 1.54) is 11.3 Å². The van der Waals surface area contributed by atoms with Crippen molar-refractivity contribution in [2.45, 2.75) is 24.8 Å². The maximum atomic E-state index is 12.6. The smallest absolute Gasteiger partial charge is 0.263 e. The Balaban J connectivity index is 2.35. The number of rotatable bonds is 6. The number of hydrogen-bond acceptors (Lipinski definition) is 4. The summed E-state index contributed by atoms with van der Waals surface area (Å²) in [4.78, 5) is 1.15. The van der Waals surface area contributed by atoms with Gasteiger partial charge in [0.1, 0.15) is 4.90 Å². The molecule has 7 heteroatoms. The Bertz CT molecular complexity index is 726. The molecular weight excluding hydrogens is 372 g/mol. The van der Waals surface area contributed by atoms with Crippen molar-refractivity contribution in [2.75, 3.05) is 11.8 Å². The molecule has 0 spiro atoms. The molecule has 2 N–H and O–H groups in total. The lowest BCUT2D eigenvalue weighted by molar-refractivity contribution is 0.600. The molecule has 0 bridgehead atoms. The van der Waals surface area contributed by atoms with Crippen LogP contribution >= 0.6 is 27.3 Å². The van der Waals surface area contributed by atoms with Crippen molar-refractivity contribution in [2.24, 2.45) is 0 Å². The lowest BCUT2D eigenvalue weighted by atomic mass is 10.1. The van der Waals surface area contributed by atoms with Crippen LogP contribution in [0.3, 0.4) is 0 Å². The summed E-state index contributed by atoms with van der Waals surface area (Å²) >= 11 is 4.84. The zero-order valence-corrected chi connectivity index (χ0v) is 15.0. The van der Waals surface area contributed by atoms with Crippen LogP contribution in [0.2, 0.25) is 0 Å². The molecule has 2 aromatic rings. The summed E-state index contributed by atoms with van der Waals surface area (Å²) in [6.45, 7) is 2.53. The number of thiophene rings is 1. The van der Waals surface area contributed by atoms with Crippen molar-refractivity contribution in [3.05, 3.63) is 44.6 Å². The Hall–Kier alpha value is -0.890. The summed E-state index contributed by atoms with van der Waals surface area (Å²) in [6.07, 6.45) is 0.754. The van der Waals surface area contributed by atoms with Gasteiger partial charge in [-0.3, -0.25) is 4.72 Å². The SMILES string of the molecule is CCc1cc(Br)ccc1NS(=O)(=O)c1ccsc1CNC. The van der Waals surface area contributed by atoms with Gasteiger partial charge in [-0.05, 0) is 48.7 Å². The number of sulfonamides is 1. The largest absolute Gasteiger partial charge is 0.315 e. The minimum absolute atomic E-state index is 0.340. The molecule has 4 nitrogen and oxygen atoms in total. The second-order valence-electron chi connectivity index (χ2n) is 4.50. The zero-order valence-electron chi connectivity index (χ0n) is 11.8. The molecule has 0 fully saturated rings. The molecule has 1 heterocycles. The van der Waals surface area contributed by atoms with Gasteiger partial charge in [-0.2, -0.15) is 0 Å². The van der Waals surface area contributed by atoms with Gasteiger partial charge in [0.15, 0.2) is 0 Å². The molecule has 21 heavy (non-hydrogen) atoms. The van der Waals surface area contributed by atoms with E-state index < -0.39 is 10.0 Å². The van der Waals surface area contributed by atoms with Crippen LogP contribution in [-0.4, -0.2) is 15.5 Å². The highest BCUT2D eigenvalue weighted by atomic mass is 79.9. The van der Waals surface area contributed by atoms with Gasteiger partial charge in [-0.15, -0.1) is 11.3 Å². The van der Waals surface area contributed by atoms with Crippen molar-refractivity contribution in [3.8, 4) is 0 Å². The lowest BCUT2D eigenvalue weighted by Crippen LogP contribution is -2.16. The molecule has 2 rings (SSSR count). The minimum Gasteiger partial charge on any atom is -0.315 e. The average Bonchev–Trinajstić information content (AvgIpc) is 2.90. The van der Waals surface area contributed by atoms with Gasteiger partial charge in [0.05, 0.1) is 5.69 Å². The molecule has 1 aromatic heterocycles. The summed E-state index contributed by atoms with van der Waals surface area (Å²) in [7, 11) is -1.76. The number of aryl methyl sites for hydroxylation is 1. The Morgan fingerprint density at radius 2 is 2.05 bits per heavy atom. The molecule has 0 saturated carbocycles. The van der Waals surface area contributed by atoms with E-state index in [1.807, 2.05) is 19.1 Å². The van der Waals surface area contributed by atoms with E-state index in [9.17, 15) is 8.42 Å². The second-order valence-corrected chi connectivity index (χ2v) is 8.07. The van der Waals surface area contributed by atoms with Crippen molar-refractivity contribution in [1.82, 2.24) is 5.32 Å². The Labute approximate surface area is 137 Å². The quantitative estimate of drug-likeness (QED) is 0.794. The second kappa shape index (κ2) is 6.91. The van der Waals surface area contributed by atoms with Crippen molar-refractivity contribution < 1.29 is 8.42 Å². The van der Waals surface area contributed by atoms with E-state index in [2.05, 4.69) is 26.0 Å². The minimum atomic E-state index is -3.56. The average molecular weight is 389 g/mol. The maximum Gasteiger partial charge on any atom is 0.263 e. The van der Waals surface area contributed by atoms with Gasteiger partial charge in [-0.1, -0.05) is 22.9 Å². The first-order chi connectivity index (χ1) is 9.97. The lowest BCUT2D eigenvalue weighted by Gasteiger charge is -2.12. The number of benzene rings is 1. The molecule has 0 atom stereocenters. The first kappa shape index (κ1) is 16.5. The summed E-state index contributed by atoms with van der Waals surface area (Å²) in [5, 5.41) is 4.78. The fraction of sp³-hybridized carbons (Fsp3) is 0.286. The van der Waals surface area contributed by atoms with E-state index in [0.29, 0.717) is 17.1 Å². The molecule has 114 valence electrons. The van der Waals surface area contributed by atoms with Crippen LogP contribution in [0, 0.1) is 0 Å². The van der Waals surface area contributed by atoms with Gasteiger partial charge < -0.3 is 5.32 Å². The number of nitrogens with one attached hydrogen (secondary N) is 2. The van der Waals surface area contributed by atoms with Crippen LogP contribution in [0.25, 0.3) is 0 Å². The molecule has 0 amide bonds. The highest BCUT2D eigenvalue weighted by Crippen LogP contribution is 2.27. The third-order valence-electron chi connectivity index (χ3n) is 3.02. The first-order valence-electron chi connectivity index (χ1n) is 6.50. The third kappa shape index (κ3) is 3.85. The van der Waals surface area contributed by atoms with Crippen molar-refractivity contribution in [1.29, 1.82) is 0 Å². The van der Waals surface area contributed by atoms with E-state index in [0.717, 1.165) is 21.3 Å². The predicted octanol–water partition coefficient (Wildman–Crippen LogP) is 3.59. The standard InChI is InChI=1S/C14H17BrN2O2S2/c1-3-10-8-11(15)4-5-12(10)17-21(18,19)14-6-7-20-13(14)9-16-2/h4-8,16-17H,3,9H2,1-2H3. The molecule has 0 unspecified atom stereocenters. The Morgan fingerprint density at radius 1 is 1.29 bits per heavy atom. The molecule has 0 aliphatic rings. The third-order valence-corrected chi connectivity index (χ3v) is 6.02. The van der Waals surface area contributed by atoms with Gasteiger partial charge in [0, 0.05) is 15.9 Å². The van der Waals surface area contributed by atoms with Crippen molar-refractivity contribution in [3.63, 3.8) is 0 Å². The Kier molecular flexibility index (Phi) is 5.43. The van der Waals surface area contributed by atoms with E-state index in [-0.39, 0.29) is 0 Å². The van der Waals surface area contributed by atoms with Crippen LogP contribution in [0.1, 0.15) is 17.4 Å². The summed E-state index contributed by atoms with van der Waals surface area (Å²) < 4.78 is 28.8. The molecule has 0 aliphatic carbocycles. The van der Waals surface area contributed by atoms with Crippen LogP contribution in [-0.2, 0) is 23.0 Å². The molecule has 0 aliphatic heterocycles. The van der Waals surface area contributed by atoms with Crippen LogP contribution in [0.4, 0.5) is 5.69 Å². The predicted molar refractivity (Wildman–Crippen MR) is 91.4 cm³/mol. The van der Waals surface area contributed by atoms with Gasteiger partial charge >= 0.3 is 0 Å². The summed E-state index contributed by atoms with van der Waals surface area (Å²) in [6, 6.07) is 7.19.